The summed E-state index contributed by atoms with van der Waals surface area (Å²) in [5.74, 6) is -0.426. The number of hydrogen-bond acceptors (Lipinski definition) is 6. The Balaban J connectivity index is 1.81. The number of para-hydroxylation sites is 2. The zero-order valence-corrected chi connectivity index (χ0v) is 15.9. The fourth-order valence-electron chi connectivity index (χ4n) is 3.67. The lowest BCUT2D eigenvalue weighted by molar-refractivity contribution is 0.0522. The maximum atomic E-state index is 13.6. The molecular weight excluding hydrogens is 389 g/mol. The third-order valence-electron chi connectivity index (χ3n) is 4.97. The van der Waals surface area contributed by atoms with E-state index in [9.17, 15) is 14.0 Å². The van der Waals surface area contributed by atoms with Crippen LogP contribution in [-0.2, 0) is 4.74 Å². The Morgan fingerprint density at radius 1 is 1.13 bits per heavy atom. The number of carbonyl (C=O) groups is 1. The van der Waals surface area contributed by atoms with Gasteiger partial charge < -0.3 is 4.74 Å². The van der Waals surface area contributed by atoms with E-state index in [-0.39, 0.29) is 18.1 Å². The number of aromatic nitrogens is 4. The highest BCUT2D eigenvalue weighted by Crippen LogP contribution is 2.35. The Labute approximate surface area is 169 Å². The van der Waals surface area contributed by atoms with Gasteiger partial charge >= 0.3 is 5.97 Å². The van der Waals surface area contributed by atoms with Crippen molar-refractivity contribution in [3.63, 3.8) is 0 Å². The molecule has 1 aliphatic rings. The molecule has 9 heteroatoms. The predicted octanol–water partition coefficient (Wildman–Crippen LogP) is 3.06. The number of rotatable bonds is 3. The molecule has 0 bridgehead atoms. The molecule has 150 valence electrons. The lowest BCUT2D eigenvalue weighted by atomic mass is 10.1. The molecule has 1 N–H and O–H groups in total. The molecule has 8 nitrogen and oxygen atoms in total. The Kier molecular flexibility index (Phi) is 4.09. The molecule has 3 heterocycles. The highest BCUT2D eigenvalue weighted by molar-refractivity contribution is 5.89. The molecule has 0 saturated heterocycles. The second kappa shape index (κ2) is 6.80. The Morgan fingerprint density at radius 2 is 1.90 bits per heavy atom. The summed E-state index contributed by atoms with van der Waals surface area (Å²) in [4.78, 5) is 34.5. The van der Waals surface area contributed by atoms with Gasteiger partial charge in [0.05, 0.1) is 23.8 Å². The van der Waals surface area contributed by atoms with Crippen LogP contribution in [0.1, 0.15) is 29.0 Å². The molecule has 1 aliphatic heterocycles. The number of nitrogens with zero attached hydrogens (tertiary/aromatic N) is 4. The zero-order valence-electron chi connectivity index (χ0n) is 15.9. The van der Waals surface area contributed by atoms with Gasteiger partial charge in [-0.05, 0) is 36.8 Å². The van der Waals surface area contributed by atoms with Gasteiger partial charge in [0.25, 0.3) is 5.56 Å². The zero-order chi connectivity index (χ0) is 20.8. The minimum absolute atomic E-state index is 0.135. The molecule has 0 amide bonds. The summed E-state index contributed by atoms with van der Waals surface area (Å²) in [6.45, 7) is 1.80. The number of benzene rings is 2. The Hall–Kier alpha value is -4.01. The lowest BCUT2D eigenvalue weighted by Crippen LogP contribution is -2.39. The highest BCUT2D eigenvalue weighted by atomic mass is 19.1. The summed E-state index contributed by atoms with van der Waals surface area (Å²) in [6.07, 6.45) is 0.470. The first kappa shape index (κ1) is 18.0. The van der Waals surface area contributed by atoms with Gasteiger partial charge in [0.2, 0.25) is 11.9 Å². The van der Waals surface area contributed by atoms with E-state index in [0.29, 0.717) is 11.5 Å². The van der Waals surface area contributed by atoms with E-state index < -0.39 is 23.5 Å². The fourth-order valence-corrected chi connectivity index (χ4v) is 3.67. The van der Waals surface area contributed by atoms with E-state index in [0.717, 1.165) is 11.0 Å². The van der Waals surface area contributed by atoms with Gasteiger partial charge in [-0.1, -0.05) is 24.3 Å². The highest BCUT2D eigenvalue weighted by Gasteiger charge is 2.32. The normalized spacial score (nSPS) is 14.7. The average Bonchev–Trinajstić information content (AvgIpc) is 3.11. The van der Waals surface area contributed by atoms with Crippen LogP contribution in [0.4, 0.5) is 16.3 Å². The van der Waals surface area contributed by atoms with Crippen molar-refractivity contribution in [2.75, 3.05) is 11.9 Å². The van der Waals surface area contributed by atoms with Gasteiger partial charge in [-0.2, -0.15) is 0 Å². The molecule has 0 radical (unpaired) electrons. The maximum absolute atomic E-state index is 13.6. The van der Waals surface area contributed by atoms with Crippen LogP contribution in [0, 0.1) is 5.82 Å². The van der Waals surface area contributed by atoms with Gasteiger partial charge in [-0.15, -0.1) is 0 Å². The van der Waals surface area contributed by atoms with Crippen LogP contribution < -0.4 is 10.9 Å². The third-order valence-corrected chi connectivity index (χ3v) is 4.97. The lowest BCUT2D eigenvalue weighted by Gasteiger charge is -2.30. The van der Waals surface area contributed by atoms with E-state index in [2.05, 4.69) is 15.3 Å². The largest absolute Gasteiger partial charge is 0.462 e. The topological polar surface area (TPSA) is 91.0 Å². The number of ether oxygens (including phenoxy) is 1. The first-order valence-electron chi connectivity index (χ1n) is 9.36. The molecule has 0 fully saturated rings. The second-order valence-corrected chi connectivity index (χ2v) is 6.74. The van der Waals surface area contributed by atoms with Crippen molar-refractivity contribution in [3.8, 4) is 0 Å². The van der Waals surface area contributed by atoms with Crippen molar-refractivity contribution in [2.45, 2.75) is 13.1 Å². The number of nitrogens with one attached hydrogen (secondary N) is 1. The van der Waals surface area contributed by atoms with Crippen molar-refractivity contribution in [3.05, 3.63) is 82.0 Å². The molecule has 30 heavy (non-hydrogen) atoms. The molecule has 0 spiro atoms. The maximum Gasteiger partial charge on any atom is 0.345 e. The van der Waals surface area contributed by atoms with Crippen molar-refractivity contribution >= 4 is 28.9 Å². The van der Waals surface area contributed by atoms with E-state index >= 15 is 0 Å². The van der Waals surface area contributed by atoms with Crippen LogP contribution in [0.5, 0.6) is 0 Å². The van der Waals surface area contributed by atoms with Crippen LogP contribution in [-0.4, -0.2) is 31.7 Å². The minimum atomic E-state index is -0.746. The van der Waals surface area contributed by atoms with Crippen LogP contribution in [0.2, 0.25) is 0 Å². The van der Waals surface area contributed by atoms with Crippen molar-refractivity contribution < 1.29 is 13.9 Å². The number of esters is 1. The first-order chi connectivity index (χ1) is 14.6. The number of anilines is 2. The van der Waals surface area contributed by atoms with Crippen LogP contribution in [0.3, 0.4) is 0 Å². The number of halogens is 1. The molecule has 5 rings (SSSR count). The first-order valence-corrected chi connectivity index (χ1v) is 9.36. The number of fused-ring (bicyclic) bond motifs is 4. The SMILES string of the molecule is CCOC(=O)c1cnc2n(c1=O)C(c1ccc(F)cc1)n1c(nc3ccccc31)N2. The van der Waals surface area contributed by atoms with E-state index in [4.69, 9.17) is 4.74 Å². The van der Waals surface area contributed by atoms with Crippen molar-refractivity contribution in [2.24, 2.45) is 0 Å². The fraction of sp³-hybridized carbons (Fsp3) is 0.143. The van der Waals surface area contributed by atoms with Gasteiger partial charge in [0.15, 0.2) is 0 Å². The van der Waals surface area contributed by atoms with Gasteiger partial charge in [0, 0.05) is 0 Å². The molecule has 4 aromatic rings. The van der Waals surface area contributed by atoms with Crippen LogP contribution >= 0.6 is 0 Å². The quantitative estimate of drug-likeness (QED) is 0.464. The molecule has 2 aromatic carbocycles. The third kappa shape index (κ3) is 2.66. The van der Waals surface area contributed by atoms with Crippen molar-refractivity contribution in [1.82, 2.24) is 19.1 Å². The van der Waals surface area contributed by atoms with E-state index in [1.807, 2.05) is 28.8 Å². The van der Waals surface area contributed by atoms with Crippen molar-refractivity contribution in [1.29, 1.82) is 0 Å². The summed E-state index contributed by atoms with van der Waals surface area (Å²) in [7, 11) is 0. The molecule has 0 saturated carbocycles. The number of imidazole rings is 1. The van der Waals surface area contributed by atoms with Gasteiger partial charge in [-0.3, -0.25) is 19.2 Å². The van der Waals surface area contributed by atoms with Gasteiger partial charge in [-0.25, -0.2) is 19.2 Å². The molecule has 2 aromatic heterocycles. The molecular formula is C21H16FN5O3. The standard InChI is InChI=1S/C21H16FN5O3/c1-2-30-19(29)14-11-23-20-25-21-24-15-5-3-4-6-16(15)26(21)17(27(20)18(14)28)12-7-9-13(22)10-8-12/h3-11,17H,2H2,1H3,(H,23,24,25). The molecule has 1 unspecified atom stereocenters. The summed E-state index contributed by atoms with van der Waals surface area (Å²) in [6, 6.07) is 13.3. The van der Waals surface area contributed by atoms with E-state index in [1.165, 1.54) is 22.9 Å². The summed E-state index contributed by atoms with van der Waals surface area (Å²) in [5, 5.41) is 3.06. The number of hydrogen-bond donors (Lipinski definition) is 1. The smallest absolute Gasteiger partial charge is 0.345 e. The summed E-state index contributed by atoms with van der Waals surface area (Å²) >= 11 is 0. The average molecular weight is 405 g/mol. The second-order valence-electron chi connectivity index (χ2n) is 6.74. The van der Waals surface area contributed by atoms with Crippen LogP contribution in [0.15, 0.2) is 59.5 Å². The van der Waals surface area contributed by atoms with Gasteiger partial charge in [0.1, 0.15) is 17.5 Å². The molecule has 1 atom stereocenters. The minimum Gasteiger partial charge on any atom is -0.462 e. The monoisotopic (exact) mass is 405 g/mol. The molecule has 0 aliphatic carbocycles. The number of carbonyl (C=O) groups excluding carboxylic acids is 1. The summed E-state index contributed by atoms with van der Waals surface area (Å²) in [5.41, 5.74) is 1.38. The Morgan fingerprint density at radius 3 is 2.67 bits per heavy atom. The predicted molar refractivity (Wildman–Crippen MR) is 107 cm³/mol. The van der Waals surface area contributed by atoms with E-state index in [1.54, 1.807) is 19.1 Å². The summed E-state index contributed by atoms with van der Waals surface area (Å²) < 4.78 is 21.8. The Bertz CT molecular complexity index is 1340. The van der Waals surface area contributed by atoms with Crippen LogP contribution in [0.25, 0.3) is 11.0 Å².